The molecule has 5 nitrogen and oxygen atoms in total. The molecule has 2 aromatic carbocycles. The van der Waals surface area contributed by atoms with Crippen LogP contribution in [0.3, 0.4) is 0 Å². The van der Waals surface area contributed by atoms with Gasteiger partial charge in [-0.3, -0.25) is 9.59 Å². The lowest BCUT2D eigenvalue weighted by Crippen LogP contribution is -2.31. The lowest BCUT2D eigenvalue weighted by atomic mass is 10.1. The van der Waals surface area contributed by atoms with Crippen molar-refractivity contribution in [2.75, 3.05) is 18.6 Å². The Labute approximate surface area is 172 Å². The summed E-state index contributed by atoms with van der Waals surface area (Å²) >= 11 is 0. The number of benzene rings is 2. The summed E-state index contributed by atoms with van der Waals surface area (Å²) in [6.45, 7) is 1.32. The first-order valence-corrected chi connectivity index (χ1v) is 10.4. The van der Waals surface area contributed by atoms with Crippen LogP contribution in [0.1, 0.15) is 36.8 Å². The summed E-state index contributed by atoms with van der Waals surface area (Å²) in [5.74, 6) is 1.87. The van der Waals surface area contributed by atoms with Crippen molar-refractivity contribution in [3.05, 3.63) is 59.7 Å². The summed E-state index contributed by atoms with van der Waals surface area (Å²) in [6.07, 6.45) is 4.78. The van der Waals surface area contributed by atoms with E-state index in [2.05, 4.69) is 5.32 Å². The molecule has 2 aliphatic rings. The number of hydrogen-bond acceptors (Lipinski definition) is 3. The van der Waals surface area contributed by atoms with Gasteiger partial charge in [0.15, 0.2) is 0 Å². The number of ether oxygens (including phenoxy) is 1. The van der Waals surface area contributed by atoms with E-state index in [1.165, 1.54) is 12.8 Å². The van der Waals surface area contributed by atoms with Crippen LogP contribution in [0.15, 0.2) is 48.5 Å². The van der Waals surface area contributed by atoms with Gasteiger partial charge >= 0.3 is 0 Å². The third-order valence-corrected chi connectivity index (χ3v) is 5.59. The van der Waals surface area contributed by atoms with Gasteiger partial charge in [-0.2, -0.15) is 0 Å². The maximum Gasteiger partial charge on any atom is 0.230 e. The van der Waals surface area contributed by atoms with Gasteiger partial charge in [0, 0.05) is 18.2 Å². The van der Waals surface area contributed by atoms with Gasteiger partial charge in [0.05, 0.1) is 20.1 Å². The summed E-state index contributed by atoms with van der Waals surface area (Å²) in [7, 11) is 1.64. The fourth-order valence-corrected chi connectivity index (χ4v) is 3.38. The third-order valence-electron chi connectivity index (χ3n) is 5.59. The van der Waals surface area contributed by atoms with E-state index in [4.69, 9.17) is 4.74 Å². The number of anilines is 1. The van der Waals surface area contributed by atoms with E-state index < -0.39 is 0 Å². The number of amides is 2. The SMILES string of the molecule is COc1ccc(CN(C(=O)C2CC2)c2ccc(CC(=O)NCC3CC3)cc2)cc1. The van der Waals surface area contributed by atoms with Gasteiger partial charge in [0.1, 0.15) is 5.75 Å². The second-order valence-electron chi connectivity index (χ2n) is 8.14. The van der Waals surface area contributed by atoms with E-state index in [1.54, 1.807) is 7.11 Å². The topological polar surface area (TPSA) is 58.6 Å². The highest BCUT2D eigenvalue weighted by atomic mass is 16.5. The fraction of sp³-hybridized carbons (Fsp3) is 0.417. The van der Waals surface area contributed by atoms with E-state index >= 15 is 0 Å². The largest absolute Gasteiger partial charge is 0.497 e. The monoisotopic (exact) mass is 392 g/mol. The summed E-state index contributed by atoms with van der Waals surface area (Å²) in [5, 5.41) is 3.00. The smallest absolute Gasteiger partial charge is 0.230 e. The van der Waals surface area contributed by atoms with E-state index in [-0.39, 0.29) is 17.7 Å². The minimum atomic E-state index is 0.0637. The molecule has 0 heterocycles. The molecule has 5 heteroatoms. The minimum Gasteiger partial charge on any atom is -0.497 e. The molecule has 2 fully saturated rings. The van der Waals surface area contributed by atoms with E-state index in [9.17, 15) is 9.59 Å². The fourth-order valence-electron chi connectivity index (χ4n) is 3.38. The highest BCUT2D eigenvalue weighted by Crippen LogP contribution is 2.34. The molecule has 4 rings (SSSR count). The van der Waals surface area contributed by atoms with Crippen molar-refractivity contribution >= 4 is 17.5 Å². The summed E-state index contributed by atoms with van der Waals surface area (Å²) in [6, 6.07) is 15.6. The Morgan fingerprint density at radius 2 is 1.62 bits per heavy atom. The summed E-state index contributed by atoms with van der Waals surface area (Å²) < 4.78 is 5.22. The maximum absolute atomic E-state index is 12.9. The second-order valence-corrected chi connectivity index (χ2v) is 8.14. The predicted octanol–water partition coefficient (Wildman–Crippen LogP) is 3.71. The normalized spacial score (nSPS) is 15.6. The van der Waals surface area contributed by atoms with Gasteiger partial charge < -0.3 is 15.0 Å². The van der Waals surface area contributed by atoms with Crippen molar-refractivity contribution in [3.63, 3.8) is 0 Å². The molecule has 29 heavy (non-hydrogen) atoms. The van der Waals surface area contributed by atoms with Crippen LogP contribution in [-0.4, -0.2) is 25.5 Å². The molecule has 1 N–H and O–H groups in total. The van der Waals surface area contributed by atoms with E-state index in [1.807, 2.05) is 53.4 Å². The Kier molecular flexibility index (Phi) is 5.84. The van der Waals surface area contributed by atoms with Crippen LogP contribution in [0.4, 0.5) is 5.69 Å². The second kappa shape index (κ2) is 8.68. The molecule has 2 aromatic rings. The van der Waals surface area contributed by atoms with Crippen molar-refractivity contribution < 1.29 is 14.3 Å². The van der Waals surface area contributed by atoms with Gasteiger partial charge in [-0.15, -0.1) is 0 Å². The third kappa shape index (κ3) is 5.37. The molecule has 152 valence electrons. The number of hydrogen-bond donors (Lipinski definition) is 1. The molecule has 2 aliphatic carbocycles. The van der Waals surface area contributed by atoms with Gasteiger partial charge in [0.25, 0.3) is 0 Å². The molecule has 0 unspecified atom stereocenters. The zero-order valence-electron chi connectivity index (χ0n) is 16.9. The van der Waals surface area contributed by atoms with Crippen LogP contribution in [0.2, 0.25) is 0 Å². The van der Waals surface area contributed by atoms with Crippen LogP contribution < -0.4 is 15.0 Å². The molecule has 0 saturated heterocycles. The van der Waals surface area contributed by atoms with Crippen molar-refractivity contribution in [2.24, 2.45) is 11.8 Å². The number of carbonyl (C=O) groups is 2. The molecule has 0 radical (unpaired) electrons. The molecule has 0 aromatic heterocycles. The van der Waals surface area contributed by atoms with Gasteiger partial charge in [0.2, 0.25) is 11.8 Å². The van der Waals surface area contributed by atoms with Crippen molar-refractivity contribution in [3.8, 4) is 5.75 Å². The van der Waals surface area contributed by atoms with E-state index in [0.717, 1.165) is 42.0 Å². The Morgan fingerprint density at radius 3 is 2.21 bits per heavy atom. The summed E-state index contributed by atoms with van der Waals surface area (Å²) in [4.78, 5) is 26.8. The van der Waals surface area contributed by atoms with Crippen LogP contribution in [0.5, 0.6) is 5.75 Å². The van der Waals surface area contributed by atoms with Crippen LogP contribution >= 0.6 is 0 Å². The lowest BCUT2D eigenvalue weighted by molar-refractivity contribution is -0.121. The summed E-state index contributed by atoms with van der Waals surface area (Å²) in [5.41, 5.74) is 2.90. The first kappa shape index (κ1) is 19.5. The van der Waals surface area contributed by atoms with Gasteiger partial charge in [-0.05, 0) is 67.0 Å². The Morgan fingerprint density at radius 1 is 0.966 bits per heavy atom. The highest BCUT2D eigenvalue weighted by Gasteiger charge is 2.34. The quantitative estimate of drug-likeness (QED) is 0.708. The molecule has 0 spiro atoms. The van der Waals surface area contributed by atoms with Crippen molar-refractivity contribution in [1.29, 1.82) is 0 Å². The molecule has 0 aliphatic heterocycles. The van der Waals surface area contributed by atoms with Crippen LogP contribution in [0, 0.1) is 11.8 Å². The van der Waals surface area contributed by atoms with Crippen molar-refractivity contribution in [1.82, 2.24) is 5.32 Å². The average molecular weight is 392 g/mol. The molecular weight excluding hydrogens is 364 g/mol. The van der Waals surface area contributed by atoms with Gasteiger partial charge in [-0.1, -0.05) is 24.3 Å². The molecule has 0 atom stereocenters. The molecular formula is C24H28N2O3. The van der Waals surface area contributed by atoms with Gasteiger partial charge in [-0.25, -0.2) is 0 Å². The minimum absolute atomic E-state index is 0.0637. The number of rotatable bonds is 9. The lowest BCUT2D eigenvalue weighted by Gasteiger charge is -2.23. The molecule has 2 saturated carbocycles. The van der Waals surface area contributed by atoms with Crippen LogP contribution in [0.25, 0.3) is 0 Å². The van der Waals surface area contributed by atoms with Crippen molar-refractivity contribution in [2.45, 2.75) is 38.6 Å². The first-order valence-electron chi connectivity index (χ1n) is 10.4. The number of nitrogens with zero attached hydrogens (tertiary/aromatic N) is 1. The number of nitrogens with one attached hydrogen (secondary N) is 1. The zero-order valence-corrected chi connectivity index (χ0v) is 16.9. The Balaban J connectivity index is 1.43. The zero-order chi connectivity index (χ0) is 20.2. The Hall–Kier alpha value is -2.82. The van der Waals surface area contributed by atoms with Crippen LogP contribution in [-0.2, 0) is 22.6 Å². The highest BCUT2D eigenvalue weighted by molar-refractivity contribution is 5.96. The molecule has 0 bridgehead atoms. The maximum atomic E-state index is 12.9. The molecule has 2 amide bonds. The number of carbonyl (C=O) groups excluding carboxylic acids is 2. The van der Waals surface area contributed by atoms with E-state index in [0.29, 0.717) is 18.9 Å². The number of methoxy groups -OCH3 is 1. The first-order chi connectivity index (χ1) is 14.1. The standard InChI is InChI=1S/C24H28N2O3/c1-29-22-12-6-19(7-13-22)16-26(24(28)20-8-9-20)21-10-4-17(5-11-21)14-23(27)25-15-18-2-3-18/h4-7,10-13,18,20H,2-3,8-9,14-16H2,1H3,(H,25,27). The predicted molar refractivity (Wildman–Crippen MR) is 113 cm³/mol. The average Bonchev–Trinajstić information content (AvgIpc) is 3.65. The Bertz CT molecular complexity index is 853.